The number of aliphatic hydroxyl groups is 2. The summed E-state index contributed by atoms with van der Waals surface area (Å²) < 4.78 is 0. The number of aliphatic imine (C=N–C) groups is 2. The third-order valence-electron chi connectivity index (χ3n) is 15.6. The first-order valence-corrected chi connectivity index (χ1v) is 28.9. The number of hydrogen-bond donors (Lipinski definition) is 5. The van der Waals surface area contributed by atoms with Gasteiger partial charge in [-0.05, 0) is 174 Å². The third kappa shape index (κ3) is 18.8. The highest BCUT2D eigenvalue weighted by molar-refractivity contribution is 6.48. The predicted molar refractivity (Wildman–Crippen MR) is 327 cm³/mol. The first kappa shape index (κ1) is 72.4. The normalized spacial score (nSPS) is 21.3. The van der Waals surface area contributed by atoms with Gasteiger partial charge in [0.05, 0.1) is 29.9 Å². The Balaban J connectivity index is 0.000000372. The fourth-order valence-corrected chi connectivity index (χ4v) is 12.2. The first-order chi connectivity index (χ1) is 38.8. The number of halogens is 5. The lowest BCUT2D eigenvalue weighted by molar-refractivity contribution is -0.193. The van der Waals surface area contributed by atoms with Gasteiger partial charge < -0.3 is 36.2 Å². The molecule has 84 heavy (non-hydrogen) atoms. The quantitative estimate of drug-likeness (QED) is 0.0938. The number of amides is 3. The van der Waals surface area contributed by atoms with Gasteiger partial charge in [-0.1, -0.05) is 112 Å². The lowest BCUT2D eigenvalue weighted by atomic mass is 9.69. The molecule has 456 valence electrons. The Kier molecular flexibility index (Phi) is 27.2. The molecule has 4 aromatic carbocycles. The molecule has 0 saturated heterocycles. The number of carboxylic acid groups (broad SMARTS) is 1. The lowest BCUT2D eigenvalue weighted by Gasteiger charge is -2.46. The lowest BCUT2D eigenvalue weighted by Crippen LogP contribution is -2.50. The number of rotatable bonds is 11. The average Bonchev–Trinajstić information content (AvgIpc) is 1.75. The van der Waals surface area contributed by atoms with Crippen molar-refractivity contribution in [2.75, 3.05) is 13.1 Å². The number of benzene rings is 4. The molecule has 2 saturated carbocycles. The molecule has 22 heteroatoms. The number of hydrogen-bond acceptors (Lipinski definition) is 13. The zero-order chi connectivity index (χ0) is 62.4. The molecule has 8 rings (SSSR count). The monoisotopic (exact) mass is 1260 g/mol. The van der Waals surface area contributed by atoms with E-state index in [0.717, 1.165) is 62.5 Å². The van der Waals surface area contributed by atoms with Crippen molar-refractivity contribution >= 4 is 106 Å². The SMILES string of the molecule is C[C@H](O)CN.C[C@H](O)CNC(=O)c1ccc([C@@H](C)N2C(=O)C(c3cc(Cl)cc(Cl)c3)=NC23CCC(C(C)(C)C)CC3)cc1.C[C@H](c1ccc(C(=O)O)cc1)N1C(=O)C(c2cc(Cl)cc(Cl)c2)=NC12CCC(C(C)(C)C)CC2.Cl.O=C=O.O=C=O. The van der Waals surface area contributed by atoms with E-state index in [1.807, 2.05) is 35.8 Å². The van der Waals surface area contributed by atoms with Crippen LogP contribution in [-0.4, -0.2) is 109 Å². The highest BCUT2D eigenvalue weighted by Gasteiger charge is 2.53. The molecular weight excluding hydrogens is 1180 g/mol. The van der Waals surface area contributed by atoms with Gasteiger partial charge in [0, 0.05) is 49.9 Å². The van der Waals surface area contributed by atoms with Crippen molar-refractivity contribution in [3.05, 3.63) is 138 Å². The van der Waals surface area contributed by atoms with Crippen molar-refractivity contribution in [3.8, 4) is 0 Å². The molecule has 4 aromatic rings. The van der Waals surface area contributed by atoms with Crippen molar-refractivity contribution in [2.45, 2.75) is 156 Å². The van der Waals surface area contributed by atoms with E-state index in [0.29, 0.717) is 66.6 Å². The van der Waals surface area contributed by atoms with Crippen LogP contribution in [0.2, 0.25) is 20.1 Å². The maximum atomic E-state index is 14.0. The molecule has 0 unspecified atom stereocenters. The zero-order valence-electron chi connectivity index (χ0n) is 49.0. The molecule has 0 aromatic heterocycles. The maximum absolute atomic E-state index is 14.0. The molecule has 4 atom stereocenters. The van der Waals surface area contributed by atoms with Crippen LogP contribution in [0.25, 0.3) is 0 Å². The fourth-order valence-electron chi connectivity index (χ4n) is 11.1. The van der Waals surface area contributed by atoms with Gasteiger partial charge >= 0.3 is 18.3 Å². The van der Waals surface area contributed by atoms with E-state index in [2.05, 4.69) is 46.9 Å². The smallest absolute Gasteiger partial charge is 0.373 e. The molecule has 4 aliphatic rings. The van der Waals surface area contributed by atoms with Crippen LogP contribution in [0.5, 0.6) is 0 Å². The average molecular weight is 1260 g/mol. The molecular formula is C62H77Cl5N6O11. The Morgan fingerprint density at radius 3 is 1.17 bits per heavy atom. The Hall–Kier alpha value is -5.81. The van der Waals surface area contributed by atoms with E-state index in [4.69, 9.17) is 86.4 Å². The van der Waals surface area contributed by atoms with Gasteiger partial charge in [-0.15, -0.1) is 12.4 Å². The standard InChI is InChI=1S/C30H37Cl2N3O3.C27H30Cl2N2O3.C3H9NO.2CO2.ClH/c1-18(36)17-33-27(37)21-8-6-20(7-9-21)19(2)35-28(38)26(22-14-24(31)16-25(32)15-22)34-30(35)12-10-23(11-13-30)29(3,4)5;1-16(17-5-7-18(8-6-17)25(33)34)31-24(32)23(19-13-21(28)15-22(29)14-19)30-27(31)11-9-20(10-12-27)26(2,3)4;1-3(5)2-4;2*2-1-3;/h6-9,14-16,18-19,23,36H,10-13,17H2,1-5H3,(H,33,37);5-8,13-16,20H,9-12H2,1-4H3,(H,33,34);3,5H,2,4H2,1H3;;;1H/t18-,19+,23?,30?;16-,20?,27?;3-;;;/m010.../s1. The van der Waals surface area contributed by atoms with E-state index >= 15 is 0 Å². The molecule has 17 nitrogen and oxygen atoms in total. The van der Waals surface area contributed by atoms with Crippen molar-refractivity contribution in [1.82, 2.24) is 15.1 Å². The van der Waals surface area contributed by atoms with Crippen LogP contribution in [0.15, 0.2) is 94.9 Å². The number of nitrogens with zero attached hydrogens (tertiary/aromatic N) is 4. The number of carbonyl (C=O) groups excluding carboxylic acids is 7. The van der Waals surface area contributed by atoms with Crippen LogP contribution >= 0.6 is 58.8 Å². The number of carboxylic acids is 1. The molecule has 2 aliphatic heterocycles. The third-order valence-corrected chi connectivity index (χ3v) is 16.5. The largest absolute Gasteiger partial charge is 0.478 e. The molecule has 2 heterocycles. The second kappa shape index (κ2) is 31.5. The molecule has 2 aliphatic carbocycles. The topological polar surface area (TPSA) is 266 Å². The van der Waals surface area contributed by atoms with Crippen LogP contribution in [0.3, 0.4) is 0 Å². The fraction of sp³-hybridized carbons (Fsp3) is 0.484. The van der Waals surface area contributed by atoms with Crippen LogP contribution in [0, 0.1) is 22.7 Å². The molecule has 6 N–H and O–H groups in total. The number of aliphatic hydroxyl groups excluding tert-OH is 2. The van der Waals surface area contributed by atoms with Crippen LogP contribution in [0.4, 0.5) is 0 Å². The minimum absolute atomic E-state index is 0. The summed E-state index contributed by atoms with van der Waals surface area (Å²) in [4.78, 5) is 98.2. The second-order valence-electron chi connectivity index (χ2n) is 23.5. The number of nitrogens with two attached hydrogens (primary N) is 1. The number of carbonyl (C=O) groups is 4. The highest BCUT2D eigenvalue weighted by Crippen LogP contribution is 2.51. The first-order valence-electron chi connectivity index (χ1n) is 27.4. The molecule has 2 spiro atoms. The van der Waals surface area contributed by atoms with Gasteiger partial charge in [0.15, 0.2) is 0 Å². The summed E-state index contributed by atoms with van der Waals surface area (Å²) >= 11 is 25.1. The molecule has 3 amide bonds. The van der Waals surface area contributed by atoms with Crippen molar-refractivity contribution in [2.24, 2.45) is 38.4 Å². The van der Waals surface area contributed by atoms with Crippen LogP contribution in [-0.2, 0) is 28.8 Å². The molecule has 0 bridgehead atoms. The molecule has 2 fully saturated rings. The van der Waals surface area contributed by atoms with E-state index < -0.39 is 23.4 Å². The summed E-state index contributed by atoms with van der Waals surface area (Å²) in [5, 5.41) is 31.5. The van der Waals surface area contributed by atoms with Crippen molar-refractivity contribution < 1.29 is 53.7 Å². The van der Waals surface area contributed by atoms with Crippen molar-refractivity contribution in [1.29, 1.82) is 0 Å². The summed E-state index contributed by atoms with van der Waals surface area (Å²) in [5.74, 6) is -0.398. The molecule has 0 radical (unpaired) electrons. The Morgan fingerprint density at radius 2 is 0.905 bits per heavy atom. The summed E-state index contributed by atoms with van der Waals surface area (Å²) in [5.41, 5.74) is 8.55. The van der Waals surface area contributed by atoms with Crippen LogP contribution in [0.1, 0.15) is 176 Å². The zero-order valence-corrected chi connectivity index (χ0v) is 52.9. The Morgan fingerprint density at radius 1 is 0.607 bits per heavy atom. The van der Waals surface area contributed by atoms with Gasteiger partial charge in [0.1, 0.15) is 22.7 Å². The highest BCUT2D eigenvalue weighted by atomic mass is 35.5. The summed E-state index contributed by atoms with van der Waals surface area (Å²) in [6, 6.07) is 23.7. The predicted octanol–water partition coefficient (Wildman–Crippen LogP) is 12.0. The minimum atomic E-state index is -0.975. The van der Waals surface area contributed by atoms with Gasteiger partial charge in [-0.3, -0.25) is 24.4 Å². The van der Waals surface area contributed by atoms with E-state index in [1.165, 1.54) is 0 Å². The number of aromatic carboxylic acids is 1. The minimum Gasteiger partial charge on any atom is -0.478 e. The Labute approximate surface area is 518 Å². The van der Waals surface area contributed by atoms with E-state index in [9.17, 15) is 29.4 Å². The summed E-state index contributed by atoms with van der Waals surface area (Å²) in [6.07, 6.45) is 6.57. The van der Waals surface area contributed by atoms with Gasteiger partial charge in [-0.2, -0.15) is 19.2 Å². The van der Waals surface area contributed by atoms with E-state index in [-0.39, 0.29) is 83.6 Å². The summed E-state index contributed by atoms with van der Waals surface area (Å²) in [6.45, 7) is 21.4. The second-order valence-corrected chi connectivity index (χ2v) is 25.3. The van der Waals surface area contributed by atoms with Crippen LogP contribution < -0.4 is 11.1 Å². The van der Waals surface area contributed by atoms with Gasteiger partial charge in [0.2, 0.25) is 0 Å². The van der Waals surface area contributed by atoms with Gasteiger partial charge in [0.25, 0.3) is 17.7 Å². The van der Waals surface area contributed by atoms with Gasteiger partial charge in [-0.25, -0.2) is 4.79 Å². The number of nitrogens with one attached hydrogen (secondary N) is 1. The van der Waals surface area contributed by atoms with E-state index in [1.54, 1.807) is 86.6 Å². The summed E-state index contributed by atoms with van der Waals surface area (Å²) in [7, 11) is 0. The maximum Gasteiger partial charge on any atom is 0.373 e. The van der Waals surface area contributed by atoms with Crippen molar-refractivity contribution in [3.63, 3.8) is 0 Å². The Bertz CT molecular complexity index is 2990.